The molecule has 0 bridgehead atoms. The molecule has 22 heavy (non-hydrogen) atoms. The minimum absolute atomic E-state index is 0.149. The lowest BCUT2D eigenvalue weighted by atomic mass is 10.1. The lowest BCUT2D eigenvalue weighted by Gasteiger charge is -2.10. The van der Waals surface area contributed by atoms with Gasteiger partial charge in [0.05, 0.1) is 17.0 Å². The molecule has 6 nitrogen and oxygen atoms in total. The summed E-state index contributed by atoms with van der Waals surface area (Å²) in [6, 6.07) is -0.407. The Labute approximate surface area is 134 Å². The number of thiophene rings is 1. The van der Waals surface area contributed by atoms with Gasteiger partial charge in [-0.15, -0.1) is 11.3 Å². The van der Waals surface area contributed by atoms with Crippen LogP contribution in [0.5, 0.6) is 0 Å². The number of carbonyl (C=O) groups excluding carboxylic acids is 3. The zero-order valence-electron chi connectivity index (χ0n) is 13.5. The van der Waals surface area contributed by atoms with Crippen molar-refractivity contribution in [1.82, 2.24) is 5.32 Å². The first-order chi connectivity index (χ1) is 10.3. The molecule has 1 aromatic heterocycles. The van der Waals surface area contributed by atoms with Crippen molar-refractivity contribution in [2.45, 2.75) is 34.6 Å². The number of hydrogen-bond donors (Lipinski definition) is 2. The van der Waals surface area contributed by atoms with Gasteiger partial charge < -0.3 is 10.1 Å². The third kappa shape index (κ3) is 4.56. The van der Waals surface area contributed by atoms with Crippen LogP contribution in [0.4, 0.5) is 9.80 Å². The number of rotatable bonds is 6. The summed E-state index contributed by atoms with van der Waals surface area (Å²) >= 11 is 1.09. The third-order valence-electron chi connectivity index (χ3n) is 2.84. The number of nitrogens with one attached hydrogen (secondary N) is 2. The summed E-state index contributed by atoms with van der Waals surface area (Å²) in [7, 11) is 0. The second-order valence-corrected chi connectivity index (χ2v) is 6.29. The molecule has 0 unspecified atom stereocenters. The number of esters is 1. The minimum atomic E-state index is -0.539. The third-order valence-corrected chi connectivity index (χ3v) is 4.15. The summed E-state index contributed by atoms with van der Waals surface area (Å²) in [5.74, 6) is -0.375. The molecular formula is C15H22N2O4S. The van der Waals surface area contributed by atoms with E-state index < -0.39 is 12.0 Å². The molecule has 2 N–H and O–H groups in total. The van der Waals surface area contributed by atoms with Gasteiger partial charge in [0.15, 0.2) is 5.78 Å². The lowest BCUT2D eigenvalue weighted by Crippen LogP contribution is -2.31. The van der Waals surface area contributed by atoms with Crippen molar-refractivity contribution < 1.29 is 19.1 Å². The van der Waals surface area contributed by atoms with Gasteiger partial charge in [-0.25, -0.2) is 9.59 Å². The van der Waals surface area contributed by atoms with Crippen LogP contribution in [0.2, 0.25) is 0 Å². The maximum absolute atomic E-state index is 12.1. The zero-order valence-corrected chi connectivity index (χ0v) is 14.3. The van der Waals surface area contributed by atoms with E-state index in [-0.39, 0.29) is 18.0 Å². The van der Waals surface area contributed by atoms with Crippen molar-refractivity contribution in [3.63, 3.8) is 0 Å². The first-order valence-corrected chi connectivity index (χ1v) is 7.95. The molecule has 0 aliphatic heterocycles. The van der Waals surface area contributed by atoms with Crippen molar-refractivity contribution in [3.8, 4) is 0 Å². The zero-order chi connectivity index (χ0) is 16.9. The number of ketones is 1. The molecule has 0 radical (unpaired) electrons. The van der Waals surface area contributed by atoms with Crippen LogP contribution in [-0.2, 0) is 4.74 Å². The number of amides is 2. The van der Waals surface area contributed by atoms with Crippen molar-refractivity contribution in [1.29, 1.82) is 0 Å². The number of anilines is 1. The van der Waals surface area contributed by atoms with E-state index in [1.807, 2.05) is 13.8 Å². The van der Waals surface area contributed by atoms with Crippen LogP contribution >= 0.6 is 11.3 Å². The normalized spacial score (nSPS) is 10.5. The highest BCUT2D eigenvalue weighted by Crippen LogP contribution is 2.34. The predicted octanol–water partition coefficient (Wildman–Crippen LogP) is 3.21. The second kappa shape index (κ2) is 7.93. The van der Waals surface area contributed by atoms with Crippen LogP contribution < -0.4 is 10.6 Å². The van der Waals surface area contributed by atoms with Gasteiger partial charge >= 0.3 is 12.0 Å². The van der Waals surface area contributed by atoms with Crippen molar-refractivity contribution >= 4 is 34.1 Å². The Balaban J connectivity index is 3.06. The van der Waals surface area contributed by atoms with Crippen LogP contribution in [0.25, 0.3) is 0 Å². The number of urea groups is 1. The Bertz CT molecular complexity index is 578. The Morgan fingerprint density at radius 1 is 1.27 bits per heavy atom. The molecule has 1 rings (SSSR count). The summed E-state index contributed by atoms with van der Waals surface area (Å²) in [4.78, 5) is 36.0. The maximum atomic E-state index is 12.1. The molecule has 0 saturated heterocycles. The fraction of sp³-hybridized carbons (Fsp3) is 0.533. The molecule has 2 amide bonds. The van der Waals surface area contributed by atoms with Gasteiger partial charge in [-0.3, -0.25) is 10.1 Å². The molecule has 0 fully saturated rings. The molecule has 122 valence electrons. The van der Waals surface area contributed by atoms with Crippen LogP contribution in [-0.4, -0.2) is 30.9 Å². The molecule has 0 saturated carbocycles. The molecule has 0 atom stereocenters. The van der Waals surface area contributed by atoms with Crippen molar-refractivity contribution in [2.75, 3.05) is 18.5 Å². The van der Waals surface area contributed by atoms with Gasteiger partial charge in [-0.05, 0) is 32.3 Å². The Morgan fingerprint density at radius 3 is 2.41 bits per heavy atom. The van der Waals surface area contributed by atoms with Gasteiger partial charge in [-0.2, -0.15) is 0 Å². The molecule has 1 aromatic rings. The van der Waals surface area contributed by atoms with Crippen LogP contribution in [0, 0.1) is 12.8 Å². The Morgan fingerprint density at radius 2 is 1.91 bits per heavy atom. The fourth-order valence-electron chi connectivity index (χ4n) is 1.83. The highest BCUT2D eigenvalue weighted by Gasteiger charge is 2.25. The van der Waals surface area contributed by atoms with Gasteiger partial charge in [0.1, 0.15) is 5.00 Å². The smallest absolute Gasteiger partial charge is 0.341 e. The maximum Gasteiger partial charge on any atom is 0.341 e. The molecule has 1 heterocycles. The largest absolute Gasteiger partial charge is 0.462 e. The average molecular weight is 326 g/mol. The van der Waals surface area contributed by atoms with Crippen LogP contribution in [0.15, 0.2) is 0 Å². The summed E-state index contributed by atoms with van der Waals surface area (Å²) < 4.78 is 5.01. The van der Waals surface area contributed by atoms with E-state index in [0.29, 0.717) is 27.9 Å². The summed E-state index contributed by atoms with van der Waals surface area (Å²) in [6.45, 7) is 9.51. The minimum Gasteiger partial charge on any atom is -0.462 e. The van der Waals surface area contributed by atoms with Crippen LogP contribution in [0.1, 0.15) is 53.3 Å². The number of ether oxygens (including phenoxy) is 1. The Hall–Kier alpha value is -1.89. The number of hydrogen-bond acceptors (Lipinski definition) is 5. The molecule has 0 spiro atoms. The molecule has 0 aliphatic rings. The standard InChI is InChI=1S/C15H22N2O4S/c1-6-21-14(19)11-9(4)12(10(5)18)22-13(11)17-15(20)16-7-8(2)3/h8H,6-7H2,1-5H3,(H2,16,17,20). The monoisotopic (exact) mass is 326 g/mol. The van der Waals surface area contributed by atoms with Crippen molar-refractivity contribution in [3.05, 3.63) is 16.0 Å². The number of carbonyl (C=O) groups is 3. The van der Waals surface area contributed by atoms with E-state index in [9.17, 15) is 14.4 Å². The fourth-order valence-corrected chi connectivity index (χ4v) is 2.92. The van der Waals surface area contributed by atoms with Crippen molar-refractivity contribution in [2.24, 2.45) is 5.92 Å². The topological polar surface area (TPSA) is 84.5 Å². The molecule has 0 aromatic carbocycles. The van der Waals surface area contributed by atoms with E-state index in [1.54, 1.807) is 13.8 Å². The lowest BCUT2D eigenvalue weighted by molar-refractivity contribution is 0.0527. The first kappa shape index (κ1) is 18.2. The van der Waals surface area contributed by atoms with Gasteiger partial charge in [0, 0.05) is 6.54 Å². The first-order valence-electron chi connectivity index (χ1n) is 7.14. The van der Waals surface area contributed by atoms with Crippen LogP contribution in [0.3, 0.4) is 0 Å². The molecular weight excluding hydrogens is 304 g/mol. The van der Waals surface area contributed by atoms with Gasteiger partial charge in [0.2, 0.25) is 0 Å². The SMILES string of the molecule is CCOC(=O)c1c(NC(=O)NCC(C)C)sc(C(C)=O)c1C. The predicted molar refractivity (Wildman–Crippen MR) is 86.9 cm³/mol. The van der Waals surface area contributed by atoms with E-state index in [2.05, 4.69) is 10.6 Å². The molecule has 7 heteroatoms. The summed E-state index contributed by atoms with van der Waals surface area (Å²) in [5.41, 5.74) is 0.784. The average Bonchev–Trinajstić information content (AvgIpc) is 2.73. The van der Waals surface area contributed by atoms with E-state index in [0.717, 1.165) is 11.3 Å². The quantitative estimate of drug-likeness (QED) is 0.621. The Kier molecular flexibility index (Phi) is 6.55. The van der Waals surface area contributed by atoms with Gasteiger partial charge in [-0.1, -0.05) is 13.8 Å². The number of Topliss-reactive ketones (excluding diaryl/α,β-unsaturated/α-hetero) is 1. The molecule has 0 aliphatic carbocycles. The van der Waals surface area contributed by atoms with E-state index >= 15 is 0 Å². The summed E-state index contributed by atoms with van der Waals surface area (Å²) in [5, 5.41) is 5.68. The van der Waals surface area contributed by atoms with E-state index in [1.165, 1.54) is 6.92 Å². The summed E-state index contributed by atoms with van der Waals surface area (Å²) in [6.07, 6.45) is 0. The second-order valence-electron chi connectivity index (χ2n) is 5.27. The van der Waals surface area contributed by atoms with E-state index in [4.69, 9.17) is 4.74 Å². The van der Waals surface area contributed by atoms with Gasteiger partial charge in [0.25, 0.3) is 0 Å². The highest BCUT2D eigenvalue weighted by molar-refractivity contribution is 7.18. The highest BCUT2D eigenvalue weighted by atomic mass is 32.1.